The number of aryl methyl sites for hydroxylation is 1. The zero-order valence-electron chi connectivity index (χ0n) is 22.0. The van der Waals surface area contributed by atoms with Crippen molar-refractivity contribution in [2.75, 3.05) is 0 Å². The molecule has 0 saturated carbocycles. The van der Waals surface area contributed by atoms with Crippen molar-refractivity contribution in [1.29, 1.82) is 0 Å². The largest absolute Gasteiger partial charge is 0.478 e. The Morgan fingerprint density at radius 2 is 1.69 bits per heavy atom. The van der Waals surface area contributed by atoms with E-state index in [1.165, 1.54) is 30.3 Å². The number of aromatic carboxylic acids is 1. The highest BCUT2D eigenvalue weighted by molar-refractivity contribution is 7.90. The molecule has 11 heteroatoms. The maximum absolute atomic E-state index is 13.5. The molecule has 0 aliphatic heterocycles. The van der Waals surface area contributed by atoms with Crippen molar-refractivity contribution < 1.29 is 27.9 Å². The van der Waals surface area contributed by atoms with Gasteiger partial charge in [0.25, 0.3) is 15.9 Å². The molecule has 1 amide bonds. The minimum atomic E-state index is -4.22. The minimum Gasteiger partial charge on any atom is -0.478 e. The normalized spacial score (nSPS) is 12.7. The first-order valence-electron chi connectivity index (χ1n) is 12.3. The average Bonchev–Trinajstić information content (AvgIpc) is 3.35. The second-order valence-electron chi connectivity index (χ2n) is 10.1. The molecule has 0 fully saturated rings. The molecule has 1 unspecified atom stereocenters. The number of sulfonamides is 1. The minimum absolute atomic E-state index is 0.0563. The van der Waals surface area contributed by atoms with Crippen LogP contribution in [0.25, 0.3) is 11.0 Å². The van der Waals surface area contributed by atoms with Crippen molar-refractivity contribution in [3.8, 4) is 5.75 Å². The number of aromatic nitrogens is 2. The summed E-state index contributed by atoms with van der Waals surface area (Å²) in [4.78, 5) is 25.0. The van der Waals surface area contributed by atoms with E-state index in [4.69, 9.17) is 4.74 Å². The van der Waals surface area contributed by atoms with E-state index in [2.05, 4.69) is 13.5 Å². The third-order valence-corrected chi connectivity index (χ3v) is 8.08. The standard InChI is InChI=1S/C28H29N3O6S2/c1-5-6-17-15-19(27(33)34)8-14-24(17)37-25(18-7-13-22-23(16-18)30-38-29-22)26(32)31-39(35,36)21-11-9-20(10-12-21)28(2,3)4/h7-16,25H,5-6H2,1-4H3,(H,31,32)(H,33,34). The molecule has 0 saturated heterocycles. The first kappa shape index (κ1) is 28.2. The molecule has 0 bridgehead atoms. The van der Waals surface area contributed by atoms with Crippen LogP contribution in [0.2, 0.25) is 0 Å². The number of fused-ring (bicyclic) bond motifs is 1. The van der Waals surface area contributed by atoms with E-state index in [-0.39, 0.29) is 21.6 Å². The fourth-order valence-corrected chi connectivity index (χ4v) is 5.53. The summed E-state index contributed by atoms with van der Waals surface area (Å²) >= 11 is 1.02. The highest BCUT2D eigenvalue weighted by Crippen LogP contribution is 2.30. The number of carboxylic acid groups (broad SMARTS) is 1. The van der Waals surface area contributed by atoms with Gasteiger partial charge < -0.3 is 9.84 Å². The summed E-state index contributed by atoms with van der Waals surface area (Å²) in [7, 11) is -4.22. The second-order valence-corrected chi connectivity index (χ2v) is 12.3. The second kappa shape index (κ2) is 11.1. The lowest BCUT2D eigenvalue weighted by atomic mass is 9.87. The fraction of sp³-hybridized carbons (Fsp3) is 0.286. The third-order valence-electron chi connectivity index (χ3n) is 6.16. The predicted molar refractivity (Wildman–Crippen MR) is 149 cm³/mol. The molecule has 0 radical (unpaired) electrons. The number of rotatable bonds is 9. The van der Waals surface area contributed by atoms with Crippen molar-refractivity contribution in [3.05, 3.63) is 82.9 Å². The Morgan fingerprint density at radius 3 is 2.33 bits per heavy atom. The molecule has 4 rings (SSSR count). The highest BCUT2D eigenvalue weighted by Gasteiger charge is 2.29. The summed E-state index contributed by atoms with van der Waals surface area (Å²) in [6.07, 6.45) is -0.171. The Labute approximate surface area is 231 Å². The molecule has 39 heavy (non-hydrogen) atoms. The third kappa shape index (κ3) is 6.43. The Morgan fingerprint density at radius 1 is 1.00 bits per heavy atom. The summed E-state index contributed by atoms with van der Waals surface area (Å²) in [6.45, 7) is 7.99. The van der Waals surface area contributed by atoms with Crippen molar-refractivity contribution in [1.82, 2.24) is 13.5 Å². The van der Waals surface area contributed by atoms with Gasteiger partial charge in [-0.15, -0.1) is 0 Å². The molecular formula is C28H29N3O6S2. The number of ether oxygens (including phenoxy) is 1. The topological polar surface area (TPSA) is 136 Å². The quantitative estimate of drug-likeness (QED) is 0.279. The number of carbonyl (C=O) groups is 2. The molecule has 0 spiro atoms. The van der Waals surface area contributed by atoms with Gasteiger partial charge in [0.05, 0.1) is 22.2 Å². The molecule has 204 valence electrons. The molecule has 1 heterocycles. The lowest BCUT2D eigenvalue weighted by Gasteiger charge is -2.22. The van der Waals surface area contributed by atoms with E-state index in [0.717, 1.165) is 17.3 Å². The molecule has 4 aromatic rings. The van der Waals surface area contributed by atoms with Crippen molar-refractivity contribution in [3.63, 3.8) is 0 Å². The molecule has 0 aliphatic rings. The Hall–Kier alpha value is -3.83. The Kier molecular flexibility index (Phi) is 8.03. The first-order valence-corrected chi connectivity index (χ1v) is 14.5. The Bertz CT molecular complexity index is 1620. The van der Waals surface area contributed by atoms with Gasteiger partial charge in [-0.05, 0) is 65.4 Å². The molecule has 0 aliphatic carbocycles. The van der Waals surface area contributed by atoms with Crippen LogP contribution in [-0.2, 0) is 26.7 Å². The van der Waals surface area contributed by atoms with Crippen LogP contribution in [0.4, 0.5) is 0 Å². The van der Waals surface area contributed by atoms with Crippen LogP contribution in [0.5, 0.6) is 5.75 Å². The van der Waals surface area contributed by atoms with Crippen molar-refractivity contribution in [2.45, 2.75) is 57.0 Å². The number of carboxylic acids is 1. The number of carbonyl (C=O) groups excluding carboxylic acids is 1. The maximum Gasteiger partial charge on any atom is 0.335 e. The lowest BCUT2D eigenvalue weighted by Crippen LogP contribution is -2.37. The van der Waals surface area contributed by atoms with Crippen LogP contribution in [0.3, 0.4) is 0 Å². The number of benzene rings is 3. The summed E-state index contributed by atoms with van der Waals surface area (Å²) in [6, 6.07) is 15.7. The van der Waals surface area contributed by atoms with Crippen LogP contribution in [0.15, 0.2) is 65.6 Å². The summed E-state index contributed by atoms with van der Waals surface area (Å²) in [5, 5.41) is 9.41. The van der Waals surface area contributed by atoms with Crippen LogP contribution in [0.1, 0.15) is 67.3 Å². The monoisotopic (exact) mass is 567 g/mol. The van der Waals surface area contributed by atoms with Crippen LogP contribution in [-0.4, -0.2) is 34.1 Å². The van der Waals surface area contributed by atoms with Crippen LogP contribution < -0.4 is 9.46 Å². The van der Waals surface area contributed by atoms with Crippen molar-refractivity contribution in [2.24, 2.45) is 0 Å². The highest BCUT2D eigenvalue weighted by atomic mass is 32.2. The van der Waals surface area contributed by atoms with E-state index >= 15 is 0 Å². The van der Waals surface area contributed by atoms with Gasteiger partial charge in [0.1, 0.15) is 16.8 Å². The van der Waals surface area contributed by atoms with Gasteiger partial charge in [-0.1, -0.05) is 52.3 Å². The lowest BCUT2D eigenvalue weighted by molar-refractivity contribution is -0.126. The number of hydrogen-bond acceptors (Lipinski definition) is 8. The van der Waals surface area contributed by atoms with E-state index < -0.39 is 28.0 Å². The molecule has 3 aromatic carbocycles. The van der Waals surface area contributed by atoms with Crippen LogP contribution in [0, 0.1) is 0 Å². The molecule has 2 N–H and O–H groups in total. The van der Waals surface area contributed by atoms with Crippen LogP contribution >= 0.6 is 11.7 Å². The number of nitrogens with zero attached hydrogens (tertiary/aromatic N) is 2. The van der Waals surface area contributed by atoms with E-state index in [9.17, 15) is 23.1 Å². The summed E-state index contributed by atoms with van der Waals surface area (Å²) in [5.74, 6) is -1.70. The van der Waals surface area contributed by atoms with Gasteiger partial charge in [-0.2, -0.15) is 8.75 Å². The average molecular weight is 568 g/mol. The van der Waals surface area contributed by atoms with E-state index in [1.54, 1.807) is 30.3 Å². The van der Waals surface area contributed by atoms with Gasteiger partial charge in [0, 0.05) is 5.56 Å². The summed E-state index contributed by atoms with van der Waals surface area (Å²) in [5.41, 5.74) is 3.00. The molecular weight excluding hydrogens is 538 g/mol. The number of amides is 1. The maximum atomic E-state index is 13.5. The molecule has 9 nitrogen and oxygen atoms in total. The predicted octanol–water partition coefficient (Wildman–Crippen LogP) is 5.26. The fourth-order valence-electron chi connectivity index (χ4n) is 4.03. The SMILES string of the molecule is CCCc1cc(C(=O)O)ccc1OC(C(=O)NS(=O)(=O)c1ccc(C(C)(C)C)cc1)c1ccc2nsnc2c1. The first-order chi connectivity index (χ1) is 18.4. The molecule has 1 atom stereocenters. The zero-order valence-corrected chi connectivity index (χ0v) is 23.6. The van der Waals surface area contributed by atoms with Gasteiger partial charge in [0.2, 0.25) is 6.10 Å². The van der Waals surface area contributed by atoms with Gasteiger partial charge in [-0.25, -0.2) is 17.9 Å². The smallest absolute Gasteiger partial charge is 0.335 e. The molecule has 1 aromatic heterocycles. The summed E-state index contributed by atoms with van der Waals surface area (Å²) < 4.78 is 43.0. The van der Waals surface area contributed by atoms with Gasteiger partial charge in [-0.3, -0.25) is 4.79 Å². The van der Waals surface area contributed by atoms with Gasteiger partial charge in [0.15, 0.2) is 0 Å². The van der Waals surface area contributed by atoms with E-state index in [1.807, 2.05) is 27.7 Å². The number of nitrogens with one attached hydrogen (secondary N) is 1. The Balaban J connectivity index is 1.70. The van der Waals surface area contributed by atoms with Crippen molar-refractivity contribution >= 4 is 44.7 Å². The zero-order chi connectivity index (χ0) is 28.4. The number of hydrogen-bond donors (Lipinski definition) is 2. The van der Waals surface area contributed by atoms with Gasteiger partial charge >= 0.3 is 5.97 Å². The van der Waals surface area contributed by atoms with E-state index in [0.29, 0.717) is 35.0 Å².